The van der Waals surface area contributed by atoms with Crippen LogP contribution in [-0.4, -0.2) is 52.6 Å². The van der Waals surface area contributed by atoms with Crippen molar-refractivity contribution in [2.45, 2.75) is 84.3 Å². The van der Waals surface area contributed by atoms with Gasteiger partial charge in [-0.2, -0.15) is 5.10 Å². The Balaban J connectivity index is 0.000000459. The Labute approximate surface area is 229 Å². The number of benzene rings is 1. The van der Waals surface area contributed by atoms with E-state index in [1.165, 1.54) is 38.5 Å². The maximum Gasteiger partial charge on any atom is 0.319 e. The molecule has 1 unspecified atom stereocenters. The Morgan fingerprint density at radius 1 is 1.13 bits per heavy atom. The van der Waals surface area contributed by atoms with Crippen molar-refractivity contribution in [3.63, 3.8) is 0 Å². The van der Waals surface area contributed by atoms with Crippen LogP contribution in [0, 0.1) is 0 Å². The molecule has 1 aromatic heterocycles. The van der Waals surface area contributed by atoms with Gasteiger partial charge in [-0.25, -0.2) is 4.79 Å². The Morgan fingerprint density at radius 3 is 2.05 bits per heavy atom. The van der Waals surface area contributed by atoms with E-state index >= 15 is 0 Å². The predicted molar refractivity (Wildman–Crippen MR) is 156 cm³/mol. The van der Waals surface area contributed by atoms with E-state index in [0.29, 0.717) is 12.4 Å². The van der Waals surface area contributed by atoms with E-state index in [-0.39, 0.29) is 12.1 Å². The molecule has 1 saturated carbocycles. The largest absolute Gasteiger partial charge is 0.382 e. The van der Waals surface area contributed by atoms with Crippen LogP contribution in [0.5, 0.6) is 0 Å². The highest BCUT2D eigenvalue weighted by Gasteiger charge is 2.43. The Bertz CT molecular complexity index is 971. The predicted octanol–water partition coefficient (Wildman–Crippen LogP) is 5.08. The van der Waals surface area contributed by atoms with Gasteiger partial charge in [0, 0.05) is 12.1 Å². The van der Waals surface area contributed by atoms with E-state index in [9.17, 15) is 9.59 Å². The van der Waals surface area contributed by atoms with Gasteiger partial charge in [0.25, 0.3) is 0 Å². The molecule has 2 aliphatic rings. The normalized spacial score (nSPS) is 15.8. The number of urea groups is 1. The standard InChI is InChI=1S/C18H26N6O.C6H12.C3H5NO.C2H6/c1-18(2)15-13(16(19)22-21-15)10-24(18)17(25)20-14(11-23(3)4)12-8-6-5-7-9-12;1-2-4-6-5-3-1;1-2-3(4)5;1-2/h5-9,14H,10-11H2,1-4H3,(H,20,25)(H3,19,21,22);1-6H2;2H,1H2,(H2,4,5);1-2H3. The number of nitrogens with two attached hydrogens (primary N) is 2. The number of nitrogens with zero attached hydrogens (tertiary/aromatic N) is 3. The lowest BCUT2D eigenvalue weighted by molar-refractivity contribution is -0.113. The van der Waals surface area contributed by atoms with Crippen LogP contribution in [0.2, 0.25) is 0 Å². The summed E-state index contributed by atoms with van der Waals surface area (Å²) < 4.78 is 0. The lowest BCUT2D eigenvalue weighted by atomic mass is 10.0. The van der Waals surface area contributed by atoms with Crippen molar-refractivity contribution < 1.29 is 9.59 Å². The summed E-state index contributed by atoms with van der Waals surface area (Å²) in [5.41, 5.74) is 12.9. The smallest absolute Gasteiger partial charge is 0.319 e. The van der Waals surface area contributed by atoms with Gasteiger partial charge in [-0.15, -0.1) is 0 Å². The number of nitrogens with one attached hydrogen (secondary N) is 2. The van der Waals surface area contributed by atoms with Crippen molar-refractivity contribution in [2.75, 3.05) is 26.4 Å². The summed E-state index contributed by atoms with van der Waals surface area (Å²) in [7, 11) is 4.00. The average molecular weight is 528 g/mol. The van der Waals surface area contributed by atoms with Gasteiger partial charge in [0.15, 0.2) is 5.82 Å². The number of nitrogen functional groups attached to an aromatic ring is 1. The highest BCUT2D eigenvalue weighted by molar-refractivity contribution is 5.85. The summed E-state index contributed by atoms with van der Waals surface area (Å²) in [6.07, 6.45) is 10.1. The third kappa shape index (κ3) is 9.85. The van der Waals surface area contributed by atoms with E-state index < -0.39 is 11.4 Å². The van der Waals surface area contributed by atoms with Crippen LogP contribution in [0.3, 0.4) is 0 Å². The lowest BCUT2D eigenvalue weighted by Crippen LogP contribution is -2.48. The van der Waals surface area contributed by atoms with Crippen molar-refractivity contribution in [3.05, 3.63) is 59.8 Å². The number of likely N-dealkylation sites (N-methyl/N-ethyl adjacent to an activating group) is 1. The summed E-state index contributed by atoms with van der Waals surface area (Å²) in [5, 5.41) is 10.2. The monoisotopic (exact) mass is 527 g/mol. The van der Waals surface area contributed by atoms with Gasteiger partial charge in [0.1, 0.15) is 0 Å². The van der Waals surface area contributed by atoms with Crippen molar-refractivity contribution in [2.24, 2.45) is 5.73 Å². The number of carbonyl (C=O) groups is 2. The Morgan fingerprint density at radius 2 is 1.63 bits per heavy atom. The molecule has 0 saturated heterocycles. The zero-order chi connectivity index (χ0) is 28.7. The Hall–Kier alpha value is -3.33. The van der Waals surface area contributed by atoms with Crippen LogP contribution in [-0.2, 0) is 16.9 Å². The third-order valence-corrected chi connectivity index (χ3v) is 6.50. The first-order valence-corrected chi connectivity index (χ1v) is 13.6. The number of hydrogen-bond acceptors (Lipinski definition) is 5. The topological polar surface area (TPSA) is 133 Å². The van der Waals surface area contributed by atoms with Crippen LogP contribution in [0.15, 0.2) is 43.0 Å². The number of rotatable bonds is 5. The zero-order valence-corrected chi connectivity index (χ0v) is 24.2. The molecule has 1 fully saturated rings. The van der Waals surface area contributed by atoms with Crippen molar-refractivity contribution >= 4 is 17.8 Å². The minimum atomic E-state index is -0.483. The summed E-state index contributed by atoms with van der Waals surface area (Å²) in [6, 6.07) is 9.83. The quantitative estimate of drug-likeness (QED) is 0.402. The molecule has 6 N–H and O–H groups in total. The molecule has 1 aromatic carbocycles. The fraction of sp³-hybridized carbons (Fsp3) is 0.552. The summed E-state index contributed by atoms with van der Waals surface area (Å²) in [6.45, 7) is 12.3. The summed E-state index contributed by atoms with van der Waals surface area (Å²) >= 11 is 0. The van der Waals surface area contributed by atoms with Gasteiger partial charge in [0.2, 0.25) is 5.91 Å². The summed E-state index contributed by atoms with van der Waals surface area (Å²) in [5.74, 6) is -0.0173. The molecule has 0 bridgehead atoms. The molecule has 1 atom stereocenters. The van der Waals surface area contributed by atoms with E-state index in [1.54, 1.807) is 4.90 Å². The molecule has 212 valence electrons. The van der Waals surface area contributed by atoms with Crippen LogP contribution < -0.4 is 16.8 Å². The average Bonchev–Trinajstić information content (AvgIpc) is 3.43. The van der Waals surface area contributed by atoms with Gasteiger partial charge in [-0.3, -0.25) is 9.89 Å². The number of anilines is 1. The molecule has 4 rings (SSSR count). The highest BCUT2D eigenvalue weighted by atomic mass is 16.2. The number of primary amides is 1. The number of aromatic amines is 1. The number of aromatic nitrogens is 2. The number of amides is 3. The molecule has 9 nitrogen and oxygen atoms in total. The second kappa shape index (κ2) is 16.5. The van der Waals surface area contributed by atoms with Gasteiger partial charge < -0.3 is 26.6 Å². The summed E-state index contributed by atoms with van der Waals surface area (Å²) in [4.78, 5) is 26.4. The number of fused-ring (bicyclic) bond motifs is 1. The van der Waals surface area contributed by atoms with Crippen LogP contribution >= 0.6 is 0 Å². The Kier molecular flexibility index (Phi) is 14.2. The van der Waals surface area contributed by atoms with Gasteiger partial charge in [-0.05, 0) is 39.6 Å². The highest BCUT2D eigenvalue weighted by Crippen LogP contribution is 2.39. The fourth-order valence-electron chi connectivity index (χ4n) is 4.43. The molecule has 1 aliphatic heterocycles. The molecule has 3 amide bonds. The van der Waals surface area contributed by atoms with E-state index in [1.807, 2.05) is 72.1 Å². The zero-order valence-electron chi connectivity index (χ0n) is 24.2. The van der Waals surface area contributed by atoms with Crippen LogP contribution in [0.4, 0.5) is 10.6 Å². The molecule has 2 aromatic rings. The fourth-order valence-corrected chi connectivity index (χ4v) is 4.43. The molecule has 38 heavy (non-hydrogen) atoms. The number of hydrogen-bond donors (Lipinski definition) is 4. The molecular weight excluding hydrogens is 478 g/mol. The number of H-pyrrole nitrogens is 1. The second-order valence-electron chi connectivity index (χ2n) is 10.0. The molecule has 9 heteroatoms. The van der Waals surface area contributed by atoms with E-state index in [4.69, 9.17) is 5.73 Å². The van der Waals surface area contributed by atoms with Crippen molar-refractivity contribution in [1.29, 1.82) is 0 Å². The third-order valence-electron chi connectivity index (χ3n) is 6.50. The van der Waals surface area contributed by atoms with Gasteiger partial charge >= 0.3 is 6.03 Å². The lowest BCUT2D eigenvalue weighted by Gasteiger charge is -2.34. The van der Waals surface area contributed by atoms with E-state index in [2.05, 4.69) is 32.7 Å². The maximum atomic E-state index is 13.0. The first-order chi connectivity index (χ1) is 18.1. The molecule has 0 spiro atoms. The van der Waals surface area contributed by atoms with Crippen LogP contribution in [0.25, 0.3) is 0 Å². The van der Waals surface area contributed by atoms with Crippen LogP contribution in [0.1, 0.15) is 89.1 Å². The first-order valence-electron chi connectivity index (χ1n) is 13.6. The molecule has 0 radical (unpaired) electrons. The minimum Gasteiger partial charge on any atom is -0.382 e. The number of carbonyl (C=O) groups excluding carboxylic acids is 2. The van der Waals surface area contributed by atoms with Crippen molar-refractivity contribution in [3.8, 4) is 0 Å². The van der Waals surface area contributed by atoms with Crippen molar-refractivity contribution in [1.82, 2.24) is 25.3 Å². The first kappa shape index (κ1) is 32.7. The molecule has 2 heterocycles. The maximum absolute atomic E-state index is 13.0. The van der Waals surface area contributed by atoms with Gasteiger partial charge in [0.05, 0.1) is 23.8 Å². The molecular formula is C29H49N7O2. The second-order valence-corrected chi connectivity index (χ2v) is 10.0. The SMILES string of the molecule is C1CCCCC1.C=CC(N)=O.CC.CN(C)CC(NC(=O)N1Cc2c(N)n[nH]c2C1(C)C)c1ccccc1. The van der Waals surface area contributed by atoms with Gasteiger partial charge in [-0.1, -0.05) is 89.3 Å². The van der Waals surface area contributed by atoms with E-state index in [0.717, 1.165) is 29.4 Å². The minimum absolute atomic E-state index is 0.0890. The molecule has 1 aliphatic carbocycles.